The zero-order valence-corrected chi connectivity index (χ0v) is 9.88. The first-order chi connectivity index (χ1) is 5.66. The Morgan fingerprint density at radius 1 is 1.77 bits per heavy atom. The first-order valence-electron chi connectivity index (χ1n) is 2.87. The van der Waals surface area contributed by atoms with Gasteiger partial charge in [0, 0.05) is 0 Å². The first kappa shape index (κ1) is 12.8. The summed E-state index contributed by atoms with van der Waals surface area (Å²) in [6.07, 6.45) is 1.09. The molecule has 8 heteroatoms. The number of hydrogen-bond donors (Lipinski definition) is 1. The summed E-state index contributed by atoms with van der Waals surface area (Å²) in [4.78, 5) is 10.8. The molecule has 66 valence electrons. The van der Waals surface area contributed by atoms with Crippen LogP contribution >= 0.6 is 0 Å². The van der Waals surface area contributed by atoms with Gasteiger partial charge in [-0.15, -0.1) is 0 Å². The molecule has 0 saturated carbocycles. The van der Waals surface area contributed by atoms with Gasteiger partial charge < -0.3 is 9.29 Å². The van der Waals surface area contributed by atoms with E-state index in [1.165, 1.54) is 0 Å². The molecule has 1 N–H and O–H groups in total. The quantitative estimate of drug-likeness (QED) is 0.311. The molecular formula is C5H5N2NaO4S. The van der Waals surface area contributed by atoms with Crippen LogP contribution < -0.4 is 29.6 Å². The molecule has 1 unspecified atom stereocenters. The van der Waals surface area contributed by atoms with Crippen molar-refractivity contribution in [3.05, 3.63) is 11.8 Å². The van der Waals surface area contributed by atoms with Crippen molar-refractivity contribution in [1.29, 1.82) is 0 Å². The van der Waals surface area contributed by atoms with Crippen molar-refractivity contribution in [2.75, 3.05) is 7.11 Å². The van der Waals surface area contributed by atoms with Crippen LogP contribution in [0.2, 0.25) is 0 Å². The maximum Gasteiger partial charge on any atom is 1.00 e. The summed E-state index contributed by atoms with van der Waals surface area (Å²) in [5.41, 5.74) is -0.0918. The minimum Gasteiger partial charge on any atom is -0.767 e. The Labute approximate surface area is 98.6 Å². The molecule has 0 aliphatic carbocycles. The van der Waals surface area contributed by atoms with E-state index in [2.05, 4.69) is 14.9 Å². The minimum atomic E-state index is -2.50. The monoisotopic (exact) mass is 212 g/mol. The normalized spacial score (nSPS) is 11.5. The molecule has 0 amide bonds. The van der Waals surface area contributed by atoms with Crippen molar-refractivity contribution in [3.8, 4) is 0 Å². The predicted molar refractivity (Wildman–Crippen MR) is 37.1 cm³/mol. The molecule has 1 atom stereocenters. The van der Waals surface area contributed by atoms with E-state index >= 15 is 0 Å². The number of carbonyl (C=O) groups excluding carboxylic acids is 1. The molecule has 0 aliphatic heterocycles. The molecule has 13 heavy (non-hydrogen) atoms. The van der Waals surface area contributed by atoms with E-state index in [0.717, 1.165) is 13.3 Å². The Hall–Kier alpha value is -0.210. The average molecular weight is 212 g/mol. The van der Waals surface area contributed by atoms with Crippen LogP contribution in [0, 0.1) is 0 Å². The number of ether oxygens (including phenoxy) is 1. The van der Waals surface area contributed by atoms with Gasteiger partial charge in [-0.1, -0.05) is 0 Å². The van der Waals surface area contributed by atoms with Crippen LogP contribution in [-0.2, 0) is 15.8 Å². The van der Waals surface area contributed by atoms with E-state index in [1.54, 1.807) is 0 Å². The number of rotatable bonds is 2. The number of methoxy groups -OCH3 is 1. The van der Waals surface area contributed by atoms with Crippen LogP contribution in [0.4, 0.5) is 0 Å². The molecule has 1 aromatic heterocycles. The zero-order chi connectivity index (χ0) is 9.14. The van der Waals surface area contributed by atoms with Gasteiger partial charge in [-0.2, -0.15) is 5.10 Å². The molecular weight excluding hydrogens is 207 g/mol. The summed E-state index contributed by atoms with van der Waals surface area (Å²) in [5.74, 6) is -0.733. The van der Waals surface area contributed by atoms with E-state index in [9.17, 15) is 13.6 Å². The number of nitrogens with zero attached hydrogens (tertiary/aromatic N) is 1. The second-order valence-corrected chi connectivity index (χ2v) is 2.72. The molecule has 6 nitrogen and oxygen atoms in total. The van der Waals surface area contributed by atoms with Crippen molar-refractivity contribution in [3.63, 3.8) is 0 Å². The van der Waals surface area contributed by atoms with Gasteiger partial charge in [0.2, 0.25) is 0 Å². The second-order valence-electron chi connectivity index (χ2n) is 1.84. The summed E-state index contributed by atoms with van der Waals surface area (Å²) in [6.45, 7) is 0. The molecule has 1 heterocycles. The van der Waals surface area contributed by atoms with Crippen molar-refractivity contribution < 1.29 is 47.9 Å². The van der Waals surface area contributed by atoms with Crippen LogP contribution in [0.1, 0.15) is 10.4 Å². The number of nitrogens with one attached hydrogen (secondary N) is 1. The number of carbonyl (C=O) groups is 1. The van der Waals surface area contributed by atoms with Gasteiger partial charge in [0.25, 0.3) is 0 Å². The maximum atomic E-state index is 10.8. The third-order valence-electron chi connectivity index (χ3n) is 1.18. The topological polar surface area (TPSA) is 95.1 Å². The van der Waals surface area contributed by atoms with Crippen molar-refractivity contribution >= 4 is 17.0 Å². The number of aromatic nitrogens is 2. The summed E-state index contributed by atoms with van der Waals surface area (Å²) in [7, 11) is 1.16. The van der Waals surface area contributed by atoms with E-state index < -0.39 is 17.0 Å². The molecule has 0 spiro atoms. The third-order valence-corrected chi connectivity index (χ3v) is 1.82. The Balaban J connectivity index is 0.00000144. The van der Waals surface area contributed by atoms with Crippen LogP contribution in [0.15, 0.2) is 11.2 Å². The second kappa shape index (κ2) is 5.51. The predicted octanol–water partition coefficient (Wildman–Crippen LogP) is -3.56. The van der Waals surface area contributed by atoms with Crippen LogP contribution in [-0.4, -0.2) is 32.0 Å². The van der Waals surface area contributed by atoms with E-state index in [4.69, 9.17) is 0 Å². The SMILES string of the molecule is COC(=O)c1cn[nH]c1S(=O)[O-].[Na+]. The van der Waals surface area contributed by atoms with Gasteiger partial charge >= 0.3 is 35.5 Å². The van der Waals surface area contributed by atoms with Gasteiger partial charge in [-0.3, -0.25) is 9.31 Å². The van der Waals surface area contributed by atoms with E-state index in [1.807, 2.05) is 0 Å². The molecule has 0 bridgehead atoms. The van der Waals surface area contributed by atoms with Crippen LogP contribution in [0.25, 0.3) is 0 Å². The Kier molecular flexibility index (Phi) is 5.42. The maximum absolute atomic E-state index is 10.8. The van der Waals surface area contributed by atoms with Crippen LogP contribution in [0.5, 0.6) is 0 Å². The first-order valence-corrected chi connectivity index (χ1v) is 3.95. The largest absolute Gasteiger partial charge is 1.00 e. The van der Waals surface area contributed by atoms with Crippen molar-refractivity contribution in [2.24, 2.45) is 0 Å². The summed E-state index contributed by atoms with van der Waals surface area (Å²) in [5, 5.41) is 5.29. The molecule has 0 saturated heterocycles. The van der Waals surface area contributed by atoms with Crippen molar-refractivity contribution in [2.45, 2.75) is 5.03 Å². The molecule has 0 radical (unpaired) electrons. The van der Waals surface area contributed by atoms with Gasteiger partial charge in [0.1, 0.15) is 10.6 Å². The molecule has 0 aliphatic rings. The van der Waals surface area contributed by atoms with Gasteiger partial charge in [0.15, 0.2) is 0 Å². The molecule has 0 fully saturated rings. The summed E-state index contributed by atoms with van der Waals surface area (Å²) in [6, 6.07) is 0. The Morgan fingerprint density at radius 3 is 2.85 bits per heavy atom. The van der Waals surface area contributed by atoms with Gasteiger partial charge in [-0.05, 0) is 11.1 Å². The molecule has 1 aromatic rings. The number of H-pyrrole nitrogens is 1. The fourth-order valence-electron chi connectivity index (χ4n) is 0.657. The smallest absolute Gasteiger partial charge is 0.767 e. The third kappa shape index (κ3) is 2.89. The Morgan fingerprint density at radius 2 is 2.38 bits per heavy atom. The average Bonchev–Trinajstić information content (AvgIpc) is 2.50. The fourth-order valence-corrected chi connectivity index (χ4v) is 1.10. The standard InChI is InChI=1S/C5H6N2O4S.Na/c1-11-5(8)3-2-6-7-4(3)12(9)10;/h2H,1H3,(H,6,7)(H,9,10);/q;+1/p-1. The van der Waals surface area contributed by atoms with Crippen molar-refractivity contribution in [1.82, 2.24) is 10.2 Å². The van der Waals surface area contributed by atoms with E-state index in [-0.39, 0.29) is 40.1 Å². The van der Waals surface area contributed by atoms with E-state index in [0.29, 0.717) is 0 Å². The number of esters is 1. The fraction of sp³-hybridized carbons (Fsp3) is 0.200. The summed E-state index contributed by atoms with van der Waals surface area (Å²) < 4.78 is 25.2. The molecule has 1 rings (SSSR count). The van der Waals surface area contributed by atoms with Gasteiger partial charge in [-0.25, -0.2) is 4.79 Å². The number of hydrogen-bond acceptors (Lipinski definition) is 5. The summed E-state index contributed by atoms with van der Waals surface area (Å²) >= 11 is -2.50. The minimum absolute atomic E-state index is 0. The Bertz CT molecular complexity index is 326. The molecule has 0 aromatic carbocycles. The van der Waals surface area contributed by atoms with Crippen LogP contribution in [0.3, 0.4) is 0 Å². The number of aromatic amines is 1. The van der Waals surface area contributed by atoms with Gasteiger partial charge in [0.05, 0.1) is 13.3 Å². The zero-order valence-electron chi connectivity index (χ0n) is 7.07.